The minimum Gasteiger partial charge on any atom is -0.496 e. The zero-order chi connectivity index (χ0) is 10.0. The molecule has 1 aromatic rings. The van der Waals surface area contributed by atoms with E-state index in [1.165, 1.54) is 11.1 Å². The molecule has 0 bridgehead atoms. The Labute approximate surface area is 79.2 Å². The van der Waals surface area contributed by atoms with E-state index in [4.69, 9.17) is 4.74 Å². The maximum absolute atomic E-state index is 9.47. The molecule has 0 amide bonds. The van der Waals surface area contributed by atoms with Crippen LogP contribution in [-0.4, -0.2) is 12.2 Å². The van der Waals surface area contributed by atoms with Gasteiger partial charge in [-0.15, -0.1) is 0 Å². The molecule has 0 aliphatic heterocycles. The Kier molecular flexibility index (Phi) is 2.94. The molecule has 0 heterocycles. The van der Waals surface area contributed by atoms with E-state index in [-0.39, 0.29) is 0 Å². The lowest BCUT2D eigenvalue weighted by Crippen LogP contribution is -1.98. The lowest BCUT2D eigenvalue weighted by molar-refractivity contribution is 0.194. The number of hydrogen-bond acceptors (Lipinski definition) is 2. The van der Waals surface area contributed by atoms with E-state index in [9.17, 15) is 5.11 Å². The van der Waals surface area contributed by atoms with E-state index in [1.54, 1.807) is 14.0 Å². The van der Waals surface area contributed by atoms with Crippen LogP contribution in [0.3, 0.4) is 0 Å². The van der Waals surface area contributed by atoms with Crippen molar-refractivity contribution in [2.24, 2.45) is 0 Å². The van der Waals surface area contributed by atoms with Crippen molar-refractivity contribution in [3.8, 4) is 5.75 Å². The van der Waals surface area contributed by atoms with Gasteiger partial charge in [-0.25, -0.2) is 0 Å². The molecule has 0 saturated heterocycles. The van der Waals surface area contributed by atoms with Crippen molar-refractivity contribution in [3.63, 3.8) is 0 Å². The van der Waals surface area contributed by atoms with Crippen molar-refractivity contribution in [1.29, 1.82) is 0 Å². The summed E-state index contributed by atoms with van der Waals surface area (Å²) in [6.45, 7) is 5.80. The van der Waals surface area contributed by atoms with Gasteiger partial charge >= 0.3 is 0 Å². The van der Waals surface area contributed by atoms with Crippen molar-refractivity contribution in [2.75, 3.05) is 7.11 Å². The first-order chi connectivity index (χ1) is 6.06. The highest BCUT2D eigenvalue weighted by Crippen LogP contribution is 2.27. The summed E-state index contributed by atoms with van der Waals surface area (Å²) in [4.78, 5) is 0. The first kappa shape index (κ1) is 10.1. The monoisotopic (exact) mass is 180 g/mol. The number of ether oxygens (including phenoxy) is 1. The second-order valence-electron chi connectivity index (χ2n) is 3.35. The third-order valence-electron chi connectivity index (χ3n) is 2.30. The summed E-state index contributed by atoms with van der Waals surface area (Å²) in [5, 5.41) is 9.47. The third kappa shape index (κ3) is 2.01. The number of aliphatic hydroxyl groups is 1. The average molecular weight is 180 g/mol. The van der Waals surface area contributed by atoms with Crippen LogP contribution in [0.1, 0.15) is 29.7 Å². The second kappa shape index (κ2) is 3.79. The first-order valence-corrected chi connectivity index (χ1v) is 4.39. The first-order valence-electron chi connectivity index (χ1n) is 4.39. The van der Waals surface area contributed by atoms with Gasteiger partial charge in [0, 0.05) is 5.56 Å². The maximum atomic E-state index is 9.47. The van der Waals surface area contributed by atoms with Gasteiger partial charge < -0.3 is 9.84 Å². The Balaban J connectivity index is 3.25. The number of benzene rings is 1. The fourth-order valence-electron chi connectivity index (χ4n) is 1.32. The van der Waals surface area contributed by atoms with Gasteiger partial charge in [-0.2, -0.15) is 0 Å². The van der Waals surface area contributed by atoms with Crippen molar-refractivity contribution < 1.29 is 9.84 Å². The SMILES string of the molecule is COc1cc(C)c(C)cc1[C@H](C)O. The molecule has 0 aliphatic carbocycles. The van der Waals surface area contributed by atoms with Gasteiger partial charge in [0.25, 0.3) is 0 Å². The summed E-state index contributed by atoms with van der Waals surface area (Å²) in [7, 11) is 1.62. The molecule has 0 aliphatic rings. The van der Waals surface area contributed by atoms with Crippen LogP contribution in [-0.2, 0) is 0 Å². The number of aliphatic hydroxyl groups excluding tert-OH is 1. The Hall–Kier alpha value is -1.02. The minimum absolute atomic E-state index is 0.478. The van der Waals surface area contributed by atoms with E-state index in [0.717, 1.165) is 11.3 Å². The molecule has 13 heavy (non-hydrogen) atoms. The summed E-state index contributed by atoms with van der Waals surface area (Å²) < 4.78 is 5.18. The van der Waals surface area contributed by atoms with E-state index in [1.807, 2.05) is 26.0 Å². The van der Waals surface area contributed by atoms with Crippen molar-refractivity contribution in [2.45, 2.75) is 26.9 Å². The summed E-state index contributed by atoms with van der Waals surface area (Å²) in [6.07, 6.45) is -0.478. The van der Waals surface area contributed by atoms with E-state index >= 15 is 0 Å². The van der Waals surface area contributed by atoms with Gasteiger partial charge in [0.05, 0.1) is 13.2 Å². The molecular formula is C11H16O2. The number of methoxy groups -OCH3 is 1. The van der Waals surface area contributed by atoms with Crippen LogP contribution >= 0.6 is 0 Å². The predicted molar refractivity (Wildman–Crippen MR) is 53.1 cm³/mol. The Morgan fingerprint density at radius 2 is 1.77 bits per heavy atom. The topological polar surface area (TPSA) is 29.5 Å². The van der Waals surface area contributed by atoms with Crippen LogP contribution in [0.2, 0.25) is 0 Å². The highest BCUT2D eigenvalue weighted by Gasteiger charge is 2.09. The minimum atomic E-state index is -0.478. The Bertz CT molecular complexity index is 303. The van der Waals surface area contributed by atoms with Gasteiger partial charge in [-0.05, 0) is 44.0 Å². The van der Waals surface area contributed by atoms with E-state index in [0.29, 0.717) is 0 Å². The third-order valence-corrected chi connectivity index (χ3v) is 2.30. The largest absolute Gasteiger partial charge is 0.496 e. The average Bonchev–Trinajstić information content (AvgIpc) is 2.08. The molecule has 2 nitrogen and oxygen atoms in total. The predicted octanol–water partition coefficient (Wildman–Crippen LogP) is 2.37. The van der Waals surface area contributed by atoms with Gasteiger partial charge in [0.1, 0.15) is 5.75 Å². The van der Waals surface area contributed by atoms with Crippen LogP contribution in [0.25, 0.3) is 0 Å². The molecule has 1 rings (SSSR count). The van der Waals surface area contributed by atoms with E-state index in [2.05, 4.69) is 0 Å². The van der Waals surface area contributed by atoms with Crippen LogP contribution in [0.4, 0.5) is 0 Å². The highest BCUT2D eigenvalue weighted by atomic mass is 16.5. The molecule has 0 spiro atoms. The fraction of sp³-hybridized carbons (Fsp3) is 0.455. The van der Waals surface area contributed by atoms with Gasteiger partial charge in [0.15, 0.2) is 0 Å². The molecule has 0 radical (unpaired) electrons. The number of rotatable bonds is 2. The molecule has 0 saturated carbocycles. The van der Waals surface area contributed by atoms with Gasteiger partial charge in [-0.3, -0.25) is 0 Å². The summed E-state index contributed by atoms with van der Waals surface area (Å²) in [6, 6.07) is 3.93. The number of hydrogen-bond donors (Lipinski definition) is 1. The molecular weight excluding hydrogens is 164 g/mol. The maximum Gasteiger partial charge on any atom is 0.124 e. The molecule has 1 aromatic carbocycles. The van der Waals surface area contributed by atoms with Gasteiger partial charge in [0.2, 0.25) is 0 Å². The summed E-state index contributed by atoms with van der Waals surface area (Å²) >= 11 is 0. The lowest BCUT2D eigenvalue weighted by atomic mass is 10.0. The standard InChI is InChI=1S/C11H16O2/c1-7-5-10(9(3)12)11(13-4)6-8(7)2/h5-6,9,12H,1-4H3/t9-/m0/s1. The molecule has 1 N–H and O–H groups in total. The summed E-state index contributed by atoms with van der Waals surface area (Å²) in [5.41, 5.74) is 3.21. The van der Waals surface area contributed by atoms with Crippen molar-refractivity contribution >= 4 is 0 Å². The van der Waals surface area contributed by atoms with Gasteiger partial charge in [-0.1, -0.05) is 0 Å². The molecule has 0 aromatic heterocycles. The smallest absolute Gasteiger partial charge is 0.124 e. The zero-order valence-corrected chi connectivity index (χ0v) is 8.59. The summed E-state index contributed by atoms with van der Waals surface area (Å²) in [5.74, 6) is 0.762. The number of aryl methyl sites for hydroxylation is 2. The van der Waals surface area contributed by atoms with E-state index < -0.39 is 6.10 Å². The molecule has 0 unspecified atom stereocenters. The van der Waals surface area contributed by atoms with Crippen molar-refractivity contribution in [3.05, 3.63) is 28.8 Å². The molecule has 2 heteroatoms. The van der Waals surface area contributed by atoms with Crippen molar-refractivity contribution in [1.82, 2.24) is 0 Å². The lowest BCUT2D eigenvalue weighted by Gasteiger charge is -2.13. The Morgan fingerprint density at radius 3 is 2.23 bits per heavy atom. The normalized spacial score (nSPS) is 12.7. The fourth-order valence-corrected chi connectivity index (χ4v) is 1.32. The zero-order valence-electron chi connectivity index (χ0n) is 8.59. The Morgan fingerprint density at radius 1 is 1.23 bits per heavy atom. The highest BCUT2D eigenvalue weighted by molar-refractivity contribution is 5.42. The van der Waals surface area contributed by atoms with Crippen LogP contribution in [0.5, 0.6) is 5.75 Å². The molecule has 0 fully saturated rings. The van der Waals surface area contributed by atoms with Crippen LogP contribution in [0, 0.1) is 13.8 Å². The quantitative estimate of drug-likeness (QED) is 0.757. The van der Waals surface area contributed by atoms with Crippen LogP contribution in [0.15, 0.2) is 12.1 Å². The van der Waals surface area contributed by atoms with Crippen LogP contribution < -0.4 is 4.74 Å². The second-order valence-corrected chi connectivity index (χ2v) is 3.35. The molecule has 72 valence electrons. The molecule has 1 atom stereocenters.